The predicted molar refractivity (Wildman–Crippen MR) is 105 cm³/mol. The topological polar surface area (TPSA) is 47.6 Å². The maximum absolute atomic E-state index is 12.7. The fraction of sp³-hybridized carbons (Fsp3) is 0.409. The minimum Gasteiger partial charge on any atom is -0.494 e. The summed E-state index contributed by atoms with van der Waals surface area (Å²) in [7, 11) is 0. The summed E-state index contributed by atoms with van der Waals surface area (Å²) in [4.78, 5) is 12.7. The molecule has 0 aliphatic rings. The number of ether oxygens (including phenoxy) is 2. The lowest BCUT2D eigenvalue weighted by molar-refractivity contribution is -0.128. The monoisotopic (exact) mass is 355 g/mol. The lowest BCUT2D eigenvalue weighted by Gasteiger charge is -2.22. The highest BCUT2D eigenvalue weighted by Crippen LogP contribution is 2.22. The Hall–Kier alpha value is -2.49. The summed E-state index contributed by atoms with van der Waals surface area (Å²) in [6.07, 6.45) is 0.0931. The van der Waals surface area contributed by atoms with Crippen LogP contribution in [0.4, 0.5) is 0 Å². The van der Waals surface area contributed by atoms with E-state index in [-0.39, 0.29) is 11.9 Å². The van der Waals surface area contributed by atoms with Gasteiger partial charge in [-0.3, -0.25) is 4.79 Å². The van der Waals surface area contributed by atoms with Crippen molar-refractivity contribution in [3.8, 4) is 11.5 Å². The standard InChI is InChI=1S/C22H29NO3/c1-6-20(26-21-14-15(3)8-9-16(21)4)22(24)23-17(5)18-10-12-19(13-11-18)25-7-2/h8-14,17,20H,6-7H2,1-5H3,(H,23,24). The summed E-state index contributed by atoms with van der Waals surface area (Å²) in [6, 6.07) is 13.7. The number of amides is 1. The zero-order valence-electron chi connectivity index (χ0n) is 16.3. The Bertz CT molecular complexity index is 725. The number of hydrogen-bond acceptors (Lipinski definition) is 3. The molecule has 0 aliphatic heterocycles. The minimum atomic E-state index is -0.513. The van der Waals surface area contributed by atoms with Crippen LogP contribution in [-0.4, -0.2) is 18.6 Å². The van der Waals surface area contributed by atoms with Gasteiger partial charge in [-0.2, -0.15) is 0 Å². The van der Waals surface area contributed by atoms with Crippen molar-refractivity contribution in [3.05, 3.63) is 59.2 Å². The van der Waals surface area contributed by atoms with E-state index in [1.807, 2.05) is 77.1 Å². The molecule has 140 valence electrons. The second kappa shape index (κ2) is 9.27. The van der Waals surface area contributed by atoms with Crippen LogP contribution in [-0.2, 0) is 4.79 Å². The molecule has 0 saturated heterocycles. The van der Waals surface area contributed by atoms with Gasteiger partial charge in [0.05, 0.1) is 12.6 Å². The van der Waals surface area contributed by atoms with Gasteiger partial charge in [0, 0.05) is 0 Å². The number of aryl methyl sites for hydroxylation is 2. The first kappa shape index (κ1) is 19.8. The smallest absolute Gasteiger partial charge is 0.261 e. The van der Waals surface area contributed by atoms with Crippen LogP contribution in [0.3, 0.4) is 0 Å². The van der Waals surface area contributed by atoms with E-state index in [2.05, 4.69) is 5.32 Å². The van der Waals surface area contributed by atoms with Crippen LogP contribution in [0, 0.1) is 13.8 Å². The maximum Gasteiger partial charge on any atom is 0.261 e. The Morgan fingerprint density at radius 1 is 1.08 bits per heavy atom. The molecule has 2 rings (SSSR count). The van der Waals surface area contributed by atoms with Gasteiger partial charge in [0.2, 0.25) is 0 Å². The summed E-state index contributed by atoms with van der Waals surface area (Å²) in [5, 5.41) is 3.05. The van der Waals surface area contributed by atoms with E-state index in [0.29, 0.717) is 13.0 Å². The molecule has 0 heterocycles. The van der Waals surface area contributed by atoms with E-state index in [9.17, 15) is 4.79 Å². The van der Waals surface area contributed by atoms with Crippen molar-refractivity contribution in [1.82, 2.24) is 5.32 Å². The first-order valence-corrected chi connectivity index (χ1v) is 9.21. The van der Waals surface area contributed by atoms with E-state index in [1.54, 1.807) is 0 Å². The minimum absolute atomic E-state index is 0.102. The molecule has 0 bridgehead atoms. The fourth-order valence-electron chi connectivity index (χ4n) is 2.72. The van der Waals surface area contributed by atoms with Crippen LogP contribution < -0.4 is 14.8 Å². The number of rotatable bonds is 8. The van der Waals surface area contributed by atoms with Gasteiger partial charge in [-0.05, 0) is 69.0 Å². The average Bonchev–Trinajstić information content (AvgIpc) is 2.63. The molecule has 1 N–H and O–H groups in total. The fourth-order valence-corrected chi connectivity index (χ4v) is 2.72. The summed E-state index contributed by atoms with van der Waals surface area (Å²) < 4.78 is 11.4. The molecule has 4 nitrogen and oxygen atoms in total. The number of nitrogens with one attached hydrogen (secondary N) is 1. The molecule has 2 atom stereocenters. The van der Waals surface area contributed by atoms with Gasteiger partial charge in [-0.15, -0.1) is 0 Å². The molecular formula is C22H29NO3. The average molecular weight is 355 g/mol. The van der Waals surface area contributed by atoms with E-state index in [0.717, 1.165) is 28.2 Å². The summed E-state index contributed by atoms with van der Waals surface area (Å²) in [5.74, 6) is 1.50. The third kappa shape index (κ3) is 5.25. The Morgan fingerprint density at radius 3 is 2.38 bits per heavy atom. The zero-order valence-corrected chi connectivity index (χ0v) is 16.3. The molecule has 2 aromatic rings. The lowest BCUT2D eigenvalue weighted by atomic mass is 10.1. The molecule has 0 saturated carbocycles. The van der Waals surface area contributed by atoms with Gasteiger partial charge in [0.15, 0.2) is 6.10 Å². The quantitative estimate of drug-likeness (QED) is 0.744. The summed E-state index contributed by atoms with van der Waals surface area (Å²) >= 11 is 0. The first-order valence-electron chi connectivity index (χ1n) is 9.21. The van der Waals surface area contributed by atoms with Crippen molar-refractivity contribution in [2.24, 2.45) is 0 Å². The predicted octanol–water partition coefficient (Wildman–Crippen LogP) is 4.74. The third-order valence-electron chi connectivity index (χ3n) is 4.33. The van der Waals surface area contributed by atoms with Crippen LogP contribution >= 0.6 is 0 Å². The molecule has 1 amide bonds. The molecule has 2 unspecified atom stereocenters. The molecule has 0 fully saturated rings. The van der Waals surface area contributed by atoms with Crippen molar-refractivity contribution in [2.45, 2.75) is 53.2 Å². The second-order valence-corrected chi connectivity index (χ2v) is 6.52. The Morgan fingerprint density at radius 2 is 1.77 bits per heavy atom. The molecule has 0 aliphatic carbocycles. The zero-order chi connectivity index (χ0) is 19.1. The number of hydrogen-bond donors (Lipinski definition) is 1. The second-order valence-electron chi connectivity index (χ2n) is 6.52. The van der Waals surface area contributed by atoms with Gasteiger partial charge >= 0.3 is 0 Å². The Labute approximate surface area is 156 Å². The van der Waals surface area contributed by atoms with Crippen LogP contribution in [0.2, 0.25) is 0 Å². The third-order valence-corrected chi connectivity index (χ3v) is 4.33. The normalized spacial score (nSPS) is 13.0. The van der Waals surface area contributed by atoms with E-state index in [1.165, 1.54) is 0 Å². The highest BCUT2D eigenvalue weighted by molar-refractivity contribution is 5.81. The van der Waals surface area contributed by atoms with Crippen LogP contribution in [0.5, 0.6) is 11.5 Å². The summed E-state index contributed by atoms with van der Waals surface area (Å²) in [6.45, 7) is 10.5. The van der Waals surface area contributed by atoms with E-state index < -0.39 is 6.10 Å². The highest BCUT2D eigenvalue weighted by Gasteiger charge is 2.21. The van der Waals surface area contributed by atoms with E-state index >= 15 is 0 Å². The number of carbonyl (C=O) groups is 1. The van der Waals surface area contributed by atoms with Crippen molar-refractivity contribution >= 4 is 5.91 Å². The highest BCUT2D eigenvalue weighted by atomic mass is 16.5. The first-order chi connectivity index (χ1) is 12.4. The van der Waals surface area contributed by atoms with Crippen molar-refractivity contribution < 1.29 is 14.3 Å². The lowest BCUT2D eigenvalue weighted by Crippen LogP contribution is -2.39. The Kier molecular flexibility index (Phi) is 7.07. The SMILES string of the molecule is CCOc1ccc(C(C)NC(=O)C(CC)Oc2cc(C)ccc2C)cc1. The number of carbonyl (C=O) groups excluding carboxylic acids is 1. The molecule has 0 radical (unpaired) electrons. The van der Waals surface area contributed by atoms with Crippen LogP contribution in [0.15, 0.2) is 42.5 Å². The molecule has 26 heavy (non-hydrogen) atoms. The maximum atomic E-state index is 12.7. The molecule has 0 spiro atoms. The van der Waals surface area contributed by atoms with Gasteiger partial charge in [0.25, 0.3) is 5.91 Å². The van der Waals surface area contributed by atoms with Gasteiger partial charge in [-0.1, -0.05) is 31.2 Å². The van der Waals surface area contributed by atoms with Crippen molar-refractivity contribution in [1.29, 1.82) is 0 Å². The molecule has 0 aromatic heterocycles. The van der Waals surface area contributed by atoms with Gasteiger partial charge < -0.3 is 14.8 Å². The molecular weight excluding hydrogens is 326 g/mol. The van der Waals surface area contributed by atoms with Crippen LogP contribution in [0.1, 0.15) is 49.9 Å². The molecule has 2 aromatic carbocycles. The van der Waals surface area contributed by atoms with Gasteiger partial charge in [-0.25, -0.2) is 0 Å². The van der Waals surface area contributed by atoms with Crippen molar-refractivity contribution in [2.75, 3.05) is 6.61 Å². The number of benzene rings is 2. The van der Waals surface area contributed by atoms with Gasteiger partial charge in [0.1, 0.15) is 11.5 Å². The van der Waals surface area contributed by atoms with Crippen molar-refractivity contribution in [3.63, 3.8) is 0 Å². The summed E-state index contributed by atoms with van der Waals surface area (Å²) in [5.41, 5.74) is 3.17. The largest absolute Gasteiger partial charge is 0.494 e. The molecule has 4 heteroatoms. The van der Waals surface area contributed by atoms with E-state index in [4.69, 9.17) is 9.47 Å². The van der Waals surface area contributed by atoms with Crippen LogP contribution in [0.25, 0.3) is 0 Å². The Balaban J connectivity index is 2.02.